The number of phosphoric acid groups is 2. The number of rotatable bonds is 79. The van der Waals surface area contributed by atoms with E-state index in [1.165, 1.54) is 231 Å². The van der Waals surface area contributed by atoms with E-state index in [1.807, 2.05) is 0 Å². The number of aliphatic hydroxyl groups is 1. The molecule has 17 nitrogen and oxygen atoms in total. The van der Waals surface area contributed by atoms with Crippen molar-refractivity contribution in [3.05, 3.63) is 0 Å². The Bertz CT molecular complexity index is 1910. The Morgan fingerprint density at radius 2 is 0.465 bits per heavy atom. The zero-order valence-electron chi connectivity index (χ0n) is 64.8. The van der Waals surface area contributed by atoms with Crippen LogP contribution in [0.15, 0.2) is 0 Å². The molecule has 99 heavy (non-hydrogen) atoms. The maximum absolute atomic E-state index is 13.1. The molecule has 0 aromatic carbocycles. The van der Waals surface area contributed by atoms with Crippen molar-refractivity contribution in [3.63, 3.8) is 0 Å². The van der Waals surface area contributed by atoms with Crippen LogP contribution in [0.5, 0.6) is 0 Å². The molecule has 0 aromatic rings. The summed E-state index contributed by atoms with van der Waals surface area (Å²) >= 11 is 0. The van der Waals surface area contributed by atoms with E-state index in [1.54, 1.807) is 0 Å². The molecule has 0 spiro atoms. The highest BCUT2D eigenvalue weighted by atomic mass is 31.2. The smallest absolute Gasteiger partial charge is 0.462 e. The average Bonchev–Trinajstić information content (AvgIpc) is 1.06. The molecule has 0 aromatic heterocycles. The van der Waals surface area contributed by atoms with E-state index in [2.05, 4.69) is 41.5 Å². The first-order chi connectivity index (χ1) is 47.9. The van der Waals surface area contributed by atoms with Crippen LogP contribution in [-0.2, 0) is 65.4 Å². The second-order valence-electron chi connectivity index (χ2n) is 29.8. The third kappa shape index (κ3) is 74.1. The van der Waals surface area contributed by atoms with E-state index >= 15 is 0 Å². The second kappa shape index (κ2) is 71.7. The Morgan fingerprint density at radius 3 is 0.687 bits per heavy atom. The number of hydrogen-bond donors (Lipinski definition) is 3. The molecule has 0 rings (SSSR count). The van der Waals surface area contributed by atoms with Crippen molar-refractivity contribution in [1.82, 2.24) is 0 Å². The first kappa shape index (κ1) is 97.1. The highest BCUT2D eigenvalue weighted by molar-refractivity contribution is 7.47. The van der Waals surface area contributed by atoms with Crippen LogP contribution in [0.25, 0.3) is 0 Å². The lowest BCUT2D eigenvalue weighted by atomic mass is 10.0. The van der Waals surface area contributed by atoms with Crippen LogP contribution in [0.4, 0.5) is 0 Å². The van der Waals surface area contributed by atoms with Crippen molar-refractivity contribution in [3.8, 4) is 0 Å². The van der Waals surface area contributed by atoms with Crippen LogP contribution in [0.3, 0.4) is 0 Å². The fourth-order valence-electron chi connectivity index (χ4n) is 12.4. The van der Waals surface area contributed by atoms with Gasteiger partial charge in [0.1, 0.15) is 19.3 Å². The molecule has 0 aliphatic rings. The second-order valence-corrected chi connectivity index (χ2v) is 32.7. The average molecular weight is 1450 g/mol. The molecule has 3 N–H and O–H groups in total. The van der Waals surface area contributed by atoms with E-state index in [9.17, 15) is 43.2 Å². The molecule has 0 heterocycles. The fourth-order valence-corrected chi connectivity index (χ4v) is 13.9. The van der Waals surface area contributed by atoms with Crippen LogP contribution >= 0.6 is 15.6 Å². The van der Waals surface area contributed by atoms with E-state index in [4.69, 9.17) is 37.0 Å². The van der Waals surface area contributed by atoms with Crippen molar-refractivity contribution in [1.29, 1.82) is 0 Å². The zero-order chi connectivity index (χ0) is 72.8. The molecular formula is C80H156O17P2. The van der Waals surface area contributed by atoms with Crippen molar-refractivity contribution < 1.29 is 80.2 Å². The summed E-state index contributed by atoms with van der Waals surface area (Å²) in [6, 6.07) is 0. The van der Waals surface area contributed by atoms with Gasteiger partial charge in [-0.25, -0.2) is 9.13 Å². The van der Waals surface area contributed by atoms with Gasteiger partial charge < -0.3 is 33.8 Å². The highest BCUT2D eigenvalue weighted by Gasteiger charge is 2.30. The maximum atomic E-state index is 13.1. The van der Waals surface area contributed by atoms with Gasteiger partial charge in [-0.15, -0.1) is 0 Å². The van der Waals surface area contributed by atoms with Crippen LogP contribution in [0.2, 0.25) is 0 Å². The minimum absolute atomic E-state index is 0.106. The van der Waals surface area contributed by atoms with E-state index in [0.29, 0.717) is 25.7 Å². The van der Waals surface area contributed by atoms with Crippen LogP contribution in [0.1, 0.15) is 420 Å². The van der Waals surface area contributed by atoms with E-state index < -0.39 is 97.5 Å². The molecule has 0 saturated heterocycles. The molecule has 0 fully saturated rings. The normalized spacial score (nSPS) is 13.9. The van der Waals surface area contributed by atoms with Gasteiger partial charge in [-0.2, -0.15) is 0 Å². The fraction of sp³-hybridized carbons (Fsp3) is 0.950. The summed E-state index contributed by atoms with van der Waals surface area (Å²) in [6.07, 6.45) is 61.7. The van der Waals surface area contributed by atoms with Crippen molar-refractivity contribution in [2.75, 3.05) is 39.6 Å². The predicted octanol–water partition coefficient (Wildman–Crippen LogP) is 23.9. The third-order valence-corrected chi connectivity index (χ3v) is 20.6. The van der Waals surface area contributed by atoms with Gasteiger partial charge in [-0.3, -0.25) is 37.3 Å². The SMILES string of the molecule is CCCCCCCCCCCCCCCCCCCCCCCCC(=O)O[C@H](COC(=O)CCCCCCCCCCCCCCCCCC(C)C)COP(=O)(O)OC[C@@H](O)COP(=O)(O)OC[C@@H](COC(=O)CCCCCCC)OC(=O)CCCCCCCCCCCCCC(C)C. The Morgan fingerprint density at radius 1 is 0.273 bits per heavy atom. The zero-order valence-corrected chi connectivity index (χ0v) is 66.6. The number of unbranched alkanes of at least 4 members (excludes halogenated alkanes) is 49. The third-order valence-electron chi connectivity index (χ3n) is 18.7. The molecular weight excluding hydrogens is 1290 g/mol. The number of carbonyl (C=O) groups is 4. The van der Waals surface area contributed by atoms with Gasteiger partial charge in [0.2, 0.25) is 0 Å². The summed E-state index contributed by atoms with van der Waals surface area (Å²) in [6.45, 7) is 9.56. The molecule has 5 atom stereocenters. The molecule has 0 saturated carbocycles. The summed E-state index contributed by atoms with van der Waals surface area (Å²) in [5, 5.41) is 10.6. The molecule has 588 valence electrons. The summed E-state index contributed by atoms with van der Waals surface area (Å²) < 4.78 is 68.4. The minimum atomic E-state index is -4.96. The monoisotopic (exact) mass is 1450 g/mol. The molecule has 0 amide bonds. The van der Waals surface area contributed by atoms with Gasteiger partial charge in [0.15, 0.2) is 12.2 Å². The largest absolute Gasteiger partial charge is 0.472 e. The van der Waals surface area contributed by atoms with E-state index in [0.717, 1.165) is 108 Å². The first-order valence-electron chi connectivity index (χ1n) is 41.5. The number of hydrogen-bond acceptors (Lipinski definition) is 15. The minimum Gasteiger partial charge on any atom is -0.462 e. The van der Waals surface area contributed by atoms with Crippen LogP contribution in [0, 0.1) is 11.8 Å². The molecule has 19 heteroatoms. The first-order valence-corrected chi connectivity index (χ1v) is 44.5. The quantitative estimate of drug-likeness (QED) is 0.0222. The number of aliphatic hydroxyl groups excluding tert-OH is 1. The van der Waals surface area contributed by atoms with E-state index in [-0.39, 0.29) is 25.7 Å². The molecule has 0 aliphatic carbocycles. The van der Waals surface area contributed by atoms with Gasteiger partial charge in [0.25, 0.3) is 0 Å². The lowest BCUT2D eigenvalue weighted by Gasteiger charge is -2.21. The topological polar surface area (TPSA) is 237 Å². The summed E-state index contributed by atoms with van der Waals surface area (Å²) in [5.41, 5.74) is 0. The van der Waals surface area contributed by atoms with Crippen LogP contribution < -0.4 is 0 Å². The summed E-state index contributed by atoms with van der Waals surface area (Å²) in [7, 11) is -9.91. The van der Waals surface area contributed by atoms with Gasteiger partial charge in [-0.05, 0) is 37.5 Å². The highest BCUT2D eigenvalue weighted by Crippen LogP contribution is 2.45. The van der Waals surface area contributed by atoms with Gasteiger partial charge in [0.05, 0.1) is 26.4 Å². The summed E-state index contributed by atoms with van der Waals surface area (Å²) in [5.74, 6) is -0.551. The molecule has 0 bridgehead atoms. The number of phosphoric ester groups is 2. The lowest BCUT2D eigenvalue weighted by molar-refractivity contribution is -0.161. The number of esters is 4. The lowest BCUT2D eigenvalue weighted by Crippen LogP contribution is -2.30. The molecule has 0 aliphatic heterocycles. The van der Waals surface area contributed by atoms with Crippen molar-refractivity contribution in [2.45, 2.75) is 439 Å². The Balaban J connectivity index is 5.11. The van der Waals surface area contributed by atoms with Gasteiger partial charge in [-0.1, -0.05) is 369 Å². The molecule has 0 radical (unpaired) electrons. The number of carbonyl (C=O) groups excluding carboxylic acids is 4. The summed E-state index contributed by atoms with van der Waals surface area (Å²) in [4.78, 5) is 72.7. The van der Waals surface area contributed by atoms with Crippen molar-refractivity contribution in [2.24, 2.45) is 11.8 Å². The Hall–Kier alpha value is -1.94. The van der Waals surface area contributed by atoms with Gasteiger partial charge in [0, 0.05) is 25.7 Å². The van der Waals surface area contributed by atoms with Crippen LogP contribution in [-0.4, -0.2) is 96.7 Å². The Labute approximate surface area is 607 Å². The Kier molecular flexibility index (Phi) is 70.3. The van der Waals surface area contributed by atoms with Gasteiger partial charge >= 0.3 is 39.5 Å². The van der Waals surface area contributed by atoms with Crippen molar-refractivity contribution >= 4 is 39.5 Å². The predicted molar refractivity (Wildman–Crippen MR) is 405 cm³/mol. The maximum Gasteiger partial charge on any atom is 0.472 e. The number of ether oxygens (including phenoxy) is 4. The molecule has 2 unspecified atom stereocenters. The standard InChI is InChI=1S/C80H156O17P2/c1-7-9-11-13-14-15-16-17-18-19-20-21-22-23-24-27-31-36-41-46-52-58-64-80(85)97-76(69-91-78(83)63-57-51-45-40-35-30-28-25-26-29-33-38-43-49-54-60-72(3)4)71-95-99(88,89)93-67-74(81)66-92-98(86,87)94-70-75(68-90-77(82)62-56-48-12-10-8-2)96-79(84)65-59-53-47-42-37-32-34-39-44-50-55-61-73(5)6/h72-76,81H,7-71H2,1-6H3,(H,86,87)(H,88,89)/t74-,75+,76+/m0/s1.